The molecule has 0 aromatic carbocycles. The van der Waals surface area contributed by atoms with E-state index in [1.54, 1.807) is 4.90 Å². The topological polar surface area (TPSA) is 58.8 Å². The van der Waals surface area contributed by atoms with Gasteiger partial charge in [-0.15, -0.1) is 0 Å². The van der Waals surface area contributed by atoms with Crippen molar-refractivity contribution < 1.29 is 9.53 Å². The van der Waals surface area contributed by atoms with E-state index in [0.29, 0.717) is 6.54 Å². The number of hydrogen-bond acceptors (Lipinski definition) is 4. The van der Waals surface area contributed by atoms with Crippen molar-refractivity contribution >= 4 is 6.09 Å². The van der Waals surface area contributed by atoms with Gasteiger partial charge in [-0.1, -0.05) is 0 Å². The summed E-state index contributed by atoms with van der Waals surface area (Å²) >= 11 is 0. The molecule has 2 aliphatic rings. The highest BCUT2D eigenvalue weighted by Crippen LogP contribution is 2.32. The van der Waals surface area contributed by atoms with Crippen molar-refractivity contribution in [2.75, 3.05) is 39.8 Å². The minimum Gasteiger partial charge on any atom is -0.441 e. The Morgan fingerprint density at radius 3 is 2.88 bits per heavy atom. The van der Waals surface area contributed by atoms with Gasteiger partial charge < -0.3 is 20.3 Å². The SMILES string of the molecule is CN1CCCC2(CCN(CCCN)C(=O)O2)C1. The van der Waals surface area contributed by atoms with Crippen LogP contribution in [0.5, 0.6) is 0 Å². The van der Waals surface area contributed by atoms with Crippen molar-refractivity contribution in [1.29, 1.82) is 0 Å². The van der Waals surface area contributed by atoms with Crippen LogP contribution in [-0.2, 0) is 4.74 Å². The zero-order chi connectivity index (χ0) is 12.3. The maximum Gasteiger partial charge on any atom is 0.410 e. The molecule has 0 radical (unpaired) electrons. The predicted molar refractivity (Wildman–Crippen MR) is 65.8 cm³/mol. The second-order valence-electron chi connectivity index (χ2n) is 5.27. The number of rotatable bonds is 3. The molecule has 0 aromatic rings. The van der Waals surface area contributed by atoms with Crippen molar-refractivity contribution in [3.05, 3.63) is 0 Å². The van der Waals surface area contributed by atoms with Crippen LogP contribution in [-0.4, -0.2) is 61.3 Å². The van der Waals surface area contributed by atoms with Gasteiger partial charge in [-0.05, 0) is 39.4 Å². The molecule has 2 saturated heterocycles. The van der Waals surface area contributed by atoms with E-state index in [9.17, 15) is 4.79 Å². The lowest BCUT2D eigenvalue weighted by atomic mass is 9.88. The largest absolute Gasteiger partial charge is 0.441 e. The molecule has 0 saturated carbocycles. The summed E-state index contributed by atoms with van der Waals surface area (Å²) < 4.78 is 5.70. The zero-order valence-corrected chi connectivity index (χ0v) is 10.7. The molecule has 2 heterocycles. The van der Waals surface area contributed by atoms with Crippen molar-refractivity contribution in [3.8, 4) is 0 Å². The molecule has 2 fully saturated rings. The molecular formula is C12H23N3O2. The van der Waals surface area contributed by atoms with Gasteiger partial charge in [-0.25, -0.2) is 4.79 Å². The van der Waals surface area contributed by atoms with E-state index in [4.69, 9.17) is 10.5 Å². The van der Waals surface area contributed by atoms with Gasteiger partial charge in [-0.3, -0.25) is 0 Å². The number of ether oxygens (including phenoxy) is 1. The molecule has 0 aromatic heterocycles. The Hall–Kier alpha value is -0.810. The van der Waals surface area contributed by atoms with E-state index in [2.05, 4.69) is 11.9 Å². The standard InChI is InChI=1S/C12H23N3O2/c1-14-7-2-4-12(10-14)5-9-15(8-3-6-13)11(16)17-12/h2-10,13H2,1H3. The molecule has 1 atom stereocenters. The summed E-state index contributed by atoms with van der Waals surface area (Å²) in [5, 5.41) is 0. The van der Waals surface area contributed by atoms with Crippen molar-refractivity contribution in [3.63, 3.8) is 0 Å². The second kappa shape index (κ2) is 5.23. The summed E-state index contributed by atoms with van der Waals surface area (Å²) in [6.07, 6.45) is 3.77. The van der Waals surface area contributed by atoms with Crippen LogP contribution >= 0.6 is 0 Å². The molecule has 0 aliphatic carbocycles. The van der Waals surface area contributed by atoms with E-state index in [-0.39, 0.29) is 11.7 Å². The van der Waals surface area contributed by atoms with Gasteiger partial charge in [-0.2, -0.15) is 0 Å². The van der Waals surface area contributed by atoms with Crippen molar-refractivity contribution in [2.24, 2.45) is 5.73 Å². The first-order valence-electron chi connectivity index (χ1n) is 6.52. The highest BCUT2D eigenvalue weighted by atomic mass is 16.6. The summed E-state index contributed by atoms with van der Waals surface area (Å²) in [6.45, 7) is 4.14. The third-order valence-corrected chi connectivity index (χ3v) is 3.76. The van der Waals surface area contributed by atoms with E-state index < -0.39 is 0 Å². The minimum atomic E-state index is -0.219. The maximum absolute atomic E-state index is 11.9. The van der Waals surface area contributed by atoms with Gasteiger partial charge in [0, 0.05) is 26.1 Å². The van der Waals surface area contributed by atoms with E-state index in [1.807, 2.05) is 0 Å². The lowest BCUT2D eigenvalue weighted by Gasteiger charge is -2.45. The first-order chi connectivity index (χ1) is 8.15. The van der Waals surface area contributed by atoms with Crippen LogP contribution < -0.4 is 5.73 Å². The van der Waals surface area contributed by atoms with Crippen LogP contribution in [0.25, 0.3) is 0 Å². The Labute approximate surface area is 103 Å². The Bertz CT molecular complexity index is 285. The number of piperidine rings is 1. The number of carbonyl (C=O) groups excluding carboxylic acids is 1. The molecule has 2 aliphatic heterocycles. The quantitative estimate of drug-likeness (QED) is 0.788. The number of hydrogen-bond donors (Lipinski definition) is 1. The molecule has 1 unspecified atom stereocenters. The summed E-state index contributed by atoms with van der Waals surface area (Å²) in [6, 6.07) is 0. The molecule has 1 spiro atoms. The summed E-state index contributed by atoms with van der Waals surface area (Å²) in [4.78, 5) is 16.0. The molecule has 2 rings (SSSR count). The van der Waals surface area contributed by atoms with Crippen LogP contribution in [0.1, 0.15) is 25.7 Å². The van der Waals surface area contributed by atoms with Crippen LogP contribution in [0.15, 0.2) is 0 Å². The third kappa shape index (κ3) is 2.90. The van der Waals surface area contributed by atoms with Gasteiger partial charge in [0.05, 0.1) is 0 Å². The Morgan fingerprint density at radius 1 is 1.41 bits per heavy atom. The molecule has 98 valence electrons. The van der Waals surface area contributed by atoms with Crippen LogP contribution in [0.3, 0.4) is 0 Å². The Balaban J connectivity index is 1.91. The molecule has 17 heavy (non-hydrogen) atoms. The van der Waals surface area contributed by atoms with E-state index >= 15 is 0 Å². The number of nitrogens with zero attached hydrogens (tertiary/aromatic N) is 2. The normalized spacial score (nSPS) is 30.7. The average Bonchev–Trinajstić information content (AvgIpc) is 2.28. The van der Waals surface area contributed by atoms with Crippen LogP contribution in [0, 0.1) is 0 Å². The molecule has 2 N–H and O–H groups in total. The van der Waals surface area contributed by atoms with Gasteiger partial charge in [0.1, 0.15) is 5.60 Å². The van der Waals surface area contributed by atoms with Gasteiger partial charge >= 0.3 is 6.09 Å². The maximum atomic E-state index is 11.9. The highest BCUT2D eigenvalue weighted by molar-refractivity contribution is 5.69. The minimum absolute atomic E-state index is 0.153. The molecule has 5 nitrogen and oxygen atoms in total. The Morgan fingerprint density at radius 2 is 2.24 bits per heavy atom. The van der Waals surface area contributed by atoms with Gasteiger partial charge in [0.15, 0.2) is 0 Å². The monoisotopic (exact) mass is 241 g/mol. The predicted octanol–water partition coefficient (Wildman–Crippen LogP) is 0.642. The van der Waals surface area contributed by atoms with E-state index in [0.717, 1.165) is 51.9 Å². The lowest BCUT2D eigenvalue weighted by Crippen LogP contribution is -2.56. The van der Waals surface area contributed by atoms with Crippen LogP contribution in [0.4, 0.5) is 4.79 Å². The smallest absolute Gasteiger partial charge is 0.410 e. The molecule has 1 amide bonds. The average molecular weight is 241 g/mol. The van der Waals surface area contributed by atoms with Crippen molar-refractivity contribution in [2.45, 2.75) is 31.3 Å². The summed E-state index contributed by atoms with van der Waals surface area (Å²) in [7, 11) is 2.09. The first-order valence-corrected chi connectivity index (χ1v) is 6.52. The third-order valence-electron chi connectivity index (χ3n) is 3.76. The summed E-state index contributed by atoms with van der Waals surface area (Å²) in [5.41, 5.74) is 5.24. The Kier molecular flexibility index (Phi) is 3.89. The zero-order valence-electron chi connectivity index (χ0n) is 10.7. The van der Waals surface area contributed by atoms with Gasteiger partial charge in [0.25, 0.3) is 0 Å². The summed E-state index contributed by atoms with van der Waals surface area (Å²) in [5.74, 6) is 0. The van der Waals surface area contributed by atoms with E-state index in [1.165, 1.54) is 0 Å². The number of likely N-dealkylation sites (tertiary alicyclic amines) is 1. The lowest BCUT2D eigenvalue weighted by molar-refractivity contribution is -0.0822. The second-order valence-corrected chi connectivity index (χ2v) is 5.27. The number of amides is 1. The van der Waals surface area contributed by atoms with Crippen LogP contribution in [0.2, 0.25) is 0 Å². The fourth-order valence-electron chi connectivity index (χ4n) is 2.82. The fraction of sp³-hybridized carbons (Fsp3) is 0.917. The number of likely N-dealkylation sites (N-methyl/N-ethyl adjacent to an activating group) is 1. The van der Waals surface area contributed by atoms with Crippen molar-refractivity contribution in [1.82, 2.24) is 9.80 Å². The highest BCUT2D eigenvalue weighted by Gasteiger charge is 2.42. The molecule has 0 bridgehead atoms. The van der Waals surface area contributed by atoms with Gasteiger partial charge in [0.2, 0.25) is 0 Å². The number of carbonyl (C=O) groups is 1. The first kappa shape index (κ1) is 12.6. The fourth-order valence-corrected chi connectivity index (χ4v) is 2.82. The molecular weight excluding hydrogens is 218 g/mol. The number of nitrogens with two attached hydrogens (primary N) is 1. The molecule has 5 heteroatoms.